The standard InChI is InChI=1S/C55H57N9O7S/c1-33-38(39-19-21-48(57-51(39)54(68)69)64-24-23-34-7-5-9-40(43(34)32-64)52(66)59-55-56-44-10-3-4-12-47(44)72-55)8-6-11-46(33)71-37-16-14-36(15-17-37)70-30-29-62-25-27-63(28-26-62)35-13-18-41-45(31-35)61(2)60-50(41)42-20-22-49(65)58-53(42)67/h3-8,10-13,18-19,21,25,27,31,36-37,40,42H,9,14-17,20,22-24,26,28-30,32H2,1-2H3,(H,68,69)(H,56,59,66)(H,58,65,67). The number of ether oxygens (including phenoxy) is 2. The number of amides is 3. The number of imide groups is 1. The third kappa shape index (κ3) is 9.57. The average Bonchev–Trinajstić information content (AvgIpc) is 3.96. The van der Waals surface area contributed by atoms with E-state index in [1.54, 1.807) is 0 Å². The molecule has 2 unspecified atom stereocenters. The van der Waals surface area contributed by atoms with E-state index in [0.29, 0.717) is 61.2 Å². The van der Waals surface area contributed by atoms with E-state index in [-0.39, 0.29) is 41.5 Å². The van der Waals surface area contributed by atoms with Crippen molar-refractivity contribution in [1.29, 1.82) is 0 Å². The Kier molecular flexibility index (Phi) is 13.1. The minimum Gasteiger partial charge on any atom is -0.490 e. The highest BCUT2D eigenvalue weighted by molar-refractivity contribution is 7.22. The van der Waals surface area contributed by atoms with Gasteiger partial charge in [0.05, 0.1) is 52.1 Å². The zero-order chi connectivity index (χ0) is 49.5. The summed E-state index contributed by atoms with van der Waals surface area (Å²) in [7, 11) is 1.89. The Morgan fingerprint density at radius 3 is 2.56 bits per heavy atom. The van der Waals surface area contributed by atoms with Crippen molar-refractivity contribution in [3.63, 3.8) is 0 Å². The van der Waals surface area contributed by atoms with Gasteiger partial charge in [-0.15, -0.1) is 0 Å². The molecule has 72 heavy (non-hydrogen) atoms. The molecule has 3 amide bonds. The molecule has 16 nitrogen and oxygen atoms in total. The summed E-state index contributed by atoms with van der Waals surface area (Å²) in [5, 5.41) is 22.3. The molecule has 3 N–H and O–H groups in total. The number of carbonyl (C=O) groups is 4. The molecule has 1 saturated heterocycles. The van der Waals surface area contributed by atoms with Gasteiger partial charge in [0.1, 0.15) is 11.6 Å². The van der Waals surface area contributed by atoms with Crippen LogP contribution in [0.5, 0.6) is 5.75 Å². The van der Waals surface area contributed by atoms with E-state index in [2.05, 4.69) is 67.0 Å². The Morgan fingerprint density at radius 2 is 1.75 bits per heavy atom. The van der Waals surface area contributed by atoms with E-state index in [1.807, 2.05) is 79.3 Å². The lowest BCUT2D eigenvalue weighted by molar-refractivity contribution is -0.134. The van der Waals surface area contributed by atoms with Crippen molar-refractivity contribution in [2.24, 2.45) is 13.0 Å². The number of fused-ring (bicyclic) bond motifs is 2. The number of rotatable bonds is 13. The van der Waals surface area contributed by atoms with Gasteiger partial charge < -0.3 is 34.6 Å². The summed E-state index contributed by atoms with van der Waals surface area (Å²) in [4.78, 5) is 66.9. The van der Waals surface area contributed by atoms with E-state index >= 15 is 0 Å². The monoisotopic (exact) mass is 987 g/mol. The molecular weight excluding hydrogens is 931 g/mol. The molecule has 6 heterocycles. The van der Waals surface area contributed by atoms with Crippen molar-refractivity contribution in [3.8, 4) is 16.9 Å². The smallest absolute Gasteiger partial charge is 0.355 e. The molecule has 11 rings (SSSR count). The van der Waals surface area contributed by atoms with Crippen LogP contribution in [0.1, 0.15) is 79.0 Å². The van der Waals surface area contributed by atoms with Crippen LogP contribution < -0.4 is 25.2 Å². The fourth-order valence-electron chi connectivity index (χ4n) is 10.9. The first-order chi connectivity index (χ1) is 35.0. The number of aryl methyl sites for hydroxylation is 1. The molecule has 2 atom stereocenters. The van der Waals surface area contributed by atoms with Gasteiger partial charge in [0.25, 0.3) is 0 Å². The second kappa shape index (κ2) is 20.0. The molecule has 0 bridgehead atoms. The van der Waals surface area contributed by atoms with E-state index in [1.165, 1.54) is 11.3 Å². The Hall–Kier alpha value is -7.37. The first-order valence-electron chi connectivity index (χ1n) is 24.9. The molecule has 370 valence electrons. The zero-order valence-electron chi connectivity index (χ0n) is 40.4. The van der Waals surface area contributed by atoms with E-state index in [4.69, 9.17) is 19.6 Å². The highest BCUT2D eigenvalue weighted by Crippen LogP contribution is 2.39. The first kappa shape index (κ1) is 47.0. The number of carbonyl (C=O) groups excluding carboxylic acids is 3. The highest BCUT2D eigenvalue weighted by atomic mass is 32.1. The van der Waals surface area contributed by atoms with Crippen LogP contribution in [-0.2, 0) is 26.2 Å². The van der Waals surface area contributed by atoms with Crippen molar-refractivity contribution in [3.05, 3.63) is 125 Å². The van der Waals surface area contributed by atoms with Gasteiger partial charge in [-0.3, -0.25) is 24.4 Å². The van der Waals surface area contributed by atoms with Gasteiger partial charge in [0, 0.05) is 75.2 Å². The number of para-hydroxylation sites is 1. The lowest BCUT2D eigenvalue weighted by atomic mass is 9.83. The van der Waals surface area contributed by atoms with Crippen molar-refractivity contribution in [2.75, 3.05) is 54.4 Å². The van der Waals surface area contributed by atoms with E-state index in [0.717, 1.165) is 107 Å². The molecule has 3 aliphatic heterocycles. The number of carboxylic acid groups (broad SMARTS) is 1. The summed E-state index contributed by atoms with van der Waals surface area (Å²) in [5.74, 6) is -1.22. The summed E-state index contributed by atoms with van der Waals surface area (Å²) in [6.45, 7) is 6.18. The molecule has 0 radical (unpaired) electrons. The van der Waals surface area contributed by atoms with Gasteiger partial charge >= 0.3 is 5.97 Å². The van der Waals surface area contributed by atoms with Gasteiger partial charge in [0.15, 0.2) is 10.8 Å². The molecule has 1 saturated carbocycles. The van der Waals surface area contributed by atoms with Gasteiger partial charge in [-0.25, -0.2) is 14.8 Å². The van der Waals surface area contributed by atoms with Crippen LogP contribution in [0, 0.1) is 12.8 Å². The number of thiazole rings is 1. The van der Waals surface area contributed by atoms with Crippen LogP contribution in [0.4, 0.5) is 16.6 Å². The maximum absolute atomic E-state index is 13.7. The second-order valence-corrected chi connectivity index (χ2v) is 20.3. The van der Waals surface area contributed by atoms with Crippen molar-refractivity contribution in [2.45, 2.75) is 76.4 Å². The van der Waals surface area contributed by atoms with Crippen LogP contribution in [-0.4, -0.2) is 105 Å². The Bertz CT molecular complexity index is 3170. The zero-order valence-corrected chi connectivity index (χ0v) is 41.2. The maximum Gasteiger partial charge on any atom is 0.355 e. The van der Waals surface area contributed by atoms with Crippen molar-refractivity contribution >= 4 is 72.8 Å². The topological polar surface area (TPSA) is 184 Å². The molecule has 0 spiro atoms. The van der Waals surface area contributed by atoms with Crippen molar-refractivity contribution < 1.29 is 33.8 Å². The number of hydrogen-bond donors (Lipinski definition) is 3. The molecule has 6 aromatic rings. The van der Waals surface area contributed by atoms with Crippen LogP contribution in [0.2, 0.25) is 0 Å². The SMILES string of the molecule is Cc1c(OC2CCC(OCCN3C=CN(c4ccc5c(C6CCC(=O)NC6=O)nn(C)c5c4)CC3)CC2)cccc1-c1ccc(N2CCC3=C(C2)C(C(=O)Nc2nc4ccccc4s2)CC=C3)nc1C(=O)O. The lowest BCUT2D eigenvalue weighted by Crippen LogP contribution is -2.39. The van der Waals surface area contributed by atoms with Crippen LogP contribution in [0.15, 0.2) is 108 Å². The fourth-order valence-corrected chi connectivity index (χ4v) is 11.8. The van der Waals surface area contributed by atoms with Gasteiger partial charge in [0.2, 0.25) is 17.7 Å². The lowest BCUT2D eigenvalue weighted by Gasteiger charge is -2.35. The van der Waals surface area contributed by atoms with E-state index in [9.17, 15) is 24.3 Å². The summed E-state index contributed by atoms with van der Waals surface area (Å²) in [6.07, 6.45) is 14.1. The molecule has 5 aliphatic rings. The third-order valence-electron chi connectivity index (χ3n) is 14.9. The third-order valence-corrected chi connectivity index (χ3v) is 15.8. The van der Waals surface area contributed by atoms with Crippen molar-refractivity contribution in [1.82, 2.24) is 30.0 Å². The minimum atomic E-state index is -1.11. The number of benzene rings is 3. The predicted octanol–water partition coefficient (Wildman–Crippen LogP) is 8.49. The van der Waals surface area contributed by atoms with Crippen LogP contribution in [0.3, 0.4) is 0 Å². The van der Waals surface area contributed by atoms with Gasteiger partial charge in [-0.05, 0) is 123 Å². The second-order valence-electron chi connectivity index (χ2n) is 19.3. The average molecular weight is 988 g/mol. The summed E-state index contributed by atoms with van der Waals surface area (Å²) < 4.78 is 15.9. The normalized spacial score (nSPS) is 21.3. The largest absolute Gasteiger partial charge is 0.490 e. The number of nitrogens with zero attached hydrogens (tertiary/aromatic N) is 7. The fraction of sp³-hybridized carbons (Fsp3) is 0.364. The first-order valence-corrected chi connectivity index (χ1v) is 25.8. The molecule has 2 fully saturated rings. The van der Waals surface area contributed by atoms with Crippen LogP contribution >= 0.6 is 11.3 Å². The van der Waals surface area contributed by atoms with Gasteiger partial charge in [-0.1, -0.05) is 47.8 Å². The quantitative estimate of drug-likeness (QED) is 0.0938. The molecule has 2 aliphatic carbocycles. The predicted molar refractivity (Wildman–Crippen MR) is 277 cm³/mol. The number of pyridine rings is 1. The summed E-state index contributed by atoms with van der Waals surface area (Å²) in [5.41, 5.74) is 7.86. The number of aromatic nitrogens is 4. The number of hydrogen-bond acceptors (Lipinski definition) is 13. The Labute approximate surface area is 421 Å². The highest BCUT2D eigenvalue weighted by Gasteiger charge is 2.34. The molecule has 17 heteroatoms. The number of carboxylic acids is 1. The Morgan fingerprint density at radius 1 is 0.903 bits per heavy atom. The number of piperidine rings is 1. The van der Waals surface area contributed by atoms with E-state index < -0.39 is 11.9 Å². The van der Waals surface area contributed by atoms with Crippen LogP contribution in [0.25, 0.3) is 32.2 Å². The minimum absolute atomic E-state index is 0.0175. The number of aromatic carboxylic acids is 1. The molecule has 3 aromatic heterocycles. The van der Waals surface area contributed by atoms with Gasteiger partial charge in [-0.2, -0.15) is 5.10 Å². The number of anilines is 3. The number of allylic oxidation sites excluding steroid dienone is 2. The Balaban J connectivity index is 0.668. The summed E-state index contributed by atoms with van der Waals surface area (Å²) in [6, 6.07) is 23.6. The maximum atomic E-state index is 13.7. The number of nitrogens with one attached hydrogen (secondary N) is 2. The summed E-state index contributed by atoms with van der Waals surface area (Å²) >= 11 is 1.46. The molecular formula is C55H57N9O7S. The molecule has 3 aromatic carbocycles.